The van der Waals surface area contributed by atoms with Crippen molar-refractivity contribution >= 4 is 17.5 Å². The Labute approximate surface area is 183 Å². The van der Waals surface area contributed by atoms with Gasteiger partial charge in [-0.25, -0.2) is 4.98 Å². The third kappa shape index (κ3) is 6.56. The topological polar surface area (TPSA) is 120 Å². The number of hydrogen-bond acceptors (Lipinski definition) is 7. The molecule has 174 valence electrons. The number of nitrogens with zero attached hydrogens (tertiary/aromatic N) is 3. The van der Waals surface area contributed by atoms with Crippen LogP contribution in [-0.2, 0) is 17.6 Å². The number of phenols is 1. The molecular formula is C21H25F3N4O4. The molecular weight excluding hydrogens is 429 g/mol. The number of rotatable bonds is 11. The van der Waals surface area contributed by atoms with Crippen LogP contribution in [0.2, 0.25) is 0 Å². The predicted octanol–water partition coefficient (Wildman–Crippen LogP) is 3.60. The summed E-state index contributed by atoms with van der Waals surface area (Å²) in [5, 5.41) is 26.4. The number of halogens is 3. The predicted molar refractivity (Wildman–Crippen MR) is 112 cm³/mol. The van der Waals surface area contributed by atoms with Gasteiger partial charge in [-0.2, -0.15) is 13.2 Å². The van der Waals surface area contributed by atoms with Crippen LogP contribution in [0.25, 0.3) is 0 Å². The van der Waals surface area contributed by atoms with Gasteiger partial charge in [-0.15, -0.1) is 0 Å². The molecule has 0 fully saturated rings. The Bertz CT molecular complexity index is 949. The van der Waals surface area contributed by atoms with Crippen molar-refractivity contribution in [3.8, 4) is 11.5 Å². The zero-order chi connectivity index (χ0) is 23.9. The van der Waals surface area contributed by atoms with Gasteiger partial charge >= 0.3 is 12.1 Å². The van der Waals surface area contributed by atoms with Crippen molar-refractivity contribution in [1.29, 1.82) is 5.41 Å². The molecule has 1 aromatic carbocycles. The van der Waals surface area contributed by atoms with Crippen molar-refractivity contribution in [3.63, 3.8) is 0 Å². The van der Waals surface area contributed by atoms with E-state index in [0.717, 1.165) is 6.07 Å². The lowest BCUT2D eigenvalue weighted by Crippen LogP contribution is -2.23. The standard InChI is InChI=1S/C21H25F3N4O4/c1-3-5-14-16(7-6-15(19(14)31)20(25)21(22,23)24)32-9-4-8-28(2)17-12-26-13(11-27-17)10-18(29)30/h6-7,11-12,25,31H,3-5,8-10H2,1-2H3,(H,29,30). The molecule has 1 aromatic heterocycles. The normalized spacial score (nSPS) is 11.3. The molecule has 8 nitrogen and oxygen atoms in total. The highest BCUT2D eigenvalue weighted by Crippen LogP contribution is 2.35. The quantitative estimate of drug-likeness (QED) is 0.351. The van der Waals surface area contributed by atoms with Gasteiger partial charge in [-0.3, -0.25) is 15.2 Å². The second kappa shape index (κ2) is 10.8. The number of carboxylic acid groups (broad SMARTS) is 1. The maximum Gasteiger partial charge on any atom is 0.433 e. The monoisotopic (exact) mass is 454 g/mol. The van der Waals surface area contributed by atoms with Crippen LogP contribution in [0.3, 0.4) is 0 Å². The number of aromatic nitrogens is 2. The zero-order valence-corrected chi connectivity index (χ0v) is 17.7. The number of carbonyl (C=O) groups is 1. The number of benzene rings is 1. The molecule has 0 aliphatic rings. The van der Waals surface area contributed by atoms with Crippen LogP contribution in [0.5, 0.6) is 11.5 Å². The summed E-state index contributed by atoms with van der Waals surface area (Å²) < 4.78 is 44.3. The summed E-state index contributed by atoms with van der Waals surface area (Å²) in [4.78, 5) is 20.7. The van der Waals surface area contributed by atoms with Crippen LogP contribution in [0, 0.1) is 5.41 Å². The van der Waals surface area contributed by atoms with Gasteiger partial charge in [0.05, 0.1) is 31.1 Å². The Morgan fingerprint density at radius 2 is 1.97 bits per heavy atom. The van der Waals surface area contributed by atoms with E-state index in [1.165, 1.54) is 18.5 Å². The summed E-state index contributed by atoms with van der Waals surface area (Å²) in [6, 6.07) is 2.39. The lowest BCUT2D eigenvalue weighted by Gasteiger charge is -2.19. The van der Waals surface area contributed by atoms with Crippen molar-refractivity contribution < 1.29 is 32.9 Å². The molecule has 0 radical (unpaired) electrons. The van der Waals surface area contributed by atoms with Gasteiger partial charge in [-0.05, 0) is 25.0 Å². The fourth-order valence-electron chi connectivity index (χ4n) is 2.99. The molecule has 2 rings (SSSR count). The SMILES string of the molecule is CCCc1c(OCCCN(C)c2cnc(CC(=O)O)cn2)ccc(C(=N)C(F)(F)F)c1O. The summed E-state index contributed by atoms with van der Waals surface area (Å²) in [7, 11) is 1.78. The van der Waals surface area contributed by atoms with Gasteiger partial charge in [0.15, 0.2) is 0 Å². The van der Waals surface area contributed by atoms with Crippen LogP contribution in [0.1, 0.15) is 36.6 Å². The van der Waals surface area contributed by atoms with E-state index in [-0.39, 0.29) is 24.3 Å². The van der Waals surface area contributed by atoms with Gasteiger partial charge in [0.25, 0.3) is 0 Å². The van der Waals surface area contributed by atoms with Crippen LogP contribution < -0.4 is 9.64 Å². The third-order valence-corrected chi connectivity index (χ3v) is 4.60. The molecule has 0 saturated carbocycles. The number of alkyl halides is 3. The Morgan fingerprint density at radius 1 is 1.25 bits per heavy atom. The summed E-state index contributed by atoms with van der Waals surface area (Å²) >= 11 is 0. The van der Waals surface area contributed by atoms with Gasteiger partial charge in [0.2, 0.25) is 0 Å². The molecule has 2 aromatic rings. The highest BCUT2D eigenvalue weighted by atomic mass is 19.4. The van der Waals surface area contributed by atoms with Crippen molar-refractivity contribution in [2.75, 3.05) is 25.1 Å². The summed E-state index contributed by atoms with van der Waals surface area (Å²) in [5.41, 5.74) is -1.58. The molecule has 3 N–H and O–H groups in total. The number of anilines is 1. The molecule has 0 atom stereocenters. The molecule has 32 heavy (non-hydrogen) atoms. The fourth-order valence-corrected chi connectivity index (χ4v) is 2.99. The van der Waals surface area contributed by atoms with Gasteiger partial charge in [-0.1, -0.05) is 13.3 Å². The lowest BCUT2D eigenvalue weighted by molar-refractivity contribution is -0.136. The fraction of sp³-hybridized carbons (Fsp3) is 0.429. The number of ether oxygens (including phenoxy) is 1. The first-order chi connectivity index (χ1) is 15.0. The minimum atomic E-state index is -4.86. The Kier molecular flexibility index (Phi) is 8.39. The van der Waals surface area contributed by atoms with Crippen LogP contribution in [0.4, 0.5) is 19.0 Å². The Morgan fingerprint density at radius 3 is 2.53 bits per heavy atom. The van der Waals surface area contributed by atoms with E-state index >= 15 is 0 Å². The molecule has 1 heterocycles. The first kappa shape index (κ1) is 24.9. The third-order valence-electron chi connectivity index (χ3n) is 4.60. The van der Waals surface area contributed by atoms with Crippen molar-refractivity contribution in [1.82, 2.24) is 9.97 Å². The molecule has 0 unspecified atom stereocenters. The maximum absolute atomic E-state index is 12.9. The van der Waals surface area contributed by atoms with E-state index in [9.17, 15) is 23.1 Å². The van der Waals surface area contributed by atoms with Crippen LogP contribution in [-0.4, -0.2) is 58.2 Å². The van der Waals surface area contributed by atoms with E-state index in [4.69, 9.17) is 15.3 Å². The number of aromatic hydroxyl groups is 1. The average Bonchev–Trinajstić information content (AvgIpc) is 2.72. The van der Waals surface area contributed by atoms with Crippen LogP contribution >= 0.6 is 0 Å². The number of aliphatic carboxylic acids is 1. The smallest absolute Gasteiger partial charge is 0.433 e. The minimum Gasteiger partial charge on any atom is -0.507 e. The summed E-state index contributed by atoms with van der Waals surface area (Å²) in [6.45, 7) is 2.59. The van der Waals surface area contributed by atoms with Crippen LogP contribution in [0.15, 0.2) is 24.5 Å². The second-order valence-corrected chi connectivity index (χ2v) is 7.12. The molecule has 0 bridgehead atoms. The molecule has 0 amide bonds. The van der Waals surface area contributed by atoms with E-state index < -0.39 is 29.2 Å². The Balaban J connectivity index is 1.99. The van der Waals surface area contributed by atoms with Gasteiger partial charge in [0.1, 0.15) is 23.0 Å². The lowest BCUT2D eigenvalue weighted by atomic mass is 10.00. The van der Waals surface area contributed by atoms with Crippen molar-refractivity contribution in [2.45, 2.75) is 38.8 Å². The largest absolute Gasteiger partial charge is 0.507 e. The van der Waals surface area contributed by atoms with Crippen molar-refractivity contribution in [2.24, 2.45) is 0 Å². The summed E-state index contributed by atoms with van der Waals surface area (Å²) in [6.07, 6.45) is -0.769. The molecule has 11 heteroatoms. The second-order valence-electron chi connectivity index (χ2n) is 7.12. The first-order valence-corrected chi connectivity index (χ1v) is 9.92. The highest BCUT2D eigenvalue weighted by molar-refractivity contribution is 6.04. The average molecular weight is 454 g/mol. The Hall–Kier alpha value is -3.37. The first-order valence-electron chi connectivity index (χ1n) is 9.92. The number of nitrogens with one attached hydrogen (secondary N) is 1. The van der Waals surface area contributed by atoms with E-state index in [1.54, 1.807) is 11.9 Å². The number of carboxylic acids is 1. The maximum atomic E-state index is 12.9. The van der Waals surface area contributed by atoms with E-state index in [2.05, 4.69) is 9.97 Å². The summed E-state index contributed by atoms with van der Waals surface area (Å²) in [5.74, 6) is -0.739. The van der Waals surface area contributed by atoms with E-state index in [1.807, 2.05) is 6.92 Å². The molecule has 0 aliphatic carbocycles. The number of hydrogen-bond donors (Lipinski definition) is 3. The molecule has 0 saturated heterocycles. The molecule has 0 aliphatic heterocycles. The van der Waals surface area contributed by atoms with Gasteiger partial charge < -0.3 is 19.8 Å². The van der Waals surface area contributed by atoms with Crippen molar-refractivity contribution in [3.05, 3.63) is 41.3 Å². The highest BCUT2D eigenvalue weighted by Gasteiger charge is 2.37. The zero-order valence-electron chi connectivity index (χ0n) is 17.7. The number of phenolic OH excluding ortho intramolecular Hbond substituents is 1. The molecule has 0 spiro atoms. The van der Waals surface area contributed by atoms with Gasteiger partial charge in [0, 0.05) is 24.7 Å². The van der Waals surface area contributed by atoms with E-state index in [0.29, 0.717) is 37.3 Å². The minimum absolute atomic E-state index is 0.209.